The molecule has 1 amide bonds. The highest BCUT2D eigenvalue weighted by molar-refractivity contribution is 6.04. The maximum absolute atomic E-state index is 13.0. The summed E-state index contributed by atoms with van der Waals surface area (Å²) in [6.45, 7) is 4.10. The lowest BCUT2D eigenvalue weighted by Crippen LogP contribution is -2.33. The Labute approximate surface area is 233 Å². The molecule has 1 aliphatic rings. The van der Waals surface area contributed by atoms with Crippen LogP contribution in [0.25, 0.3) is 16.8 Å². The lowest BCUT2D eigenvalue weighted by atomic mass is 9.69. The quantitative estimate of drug-likeness (QED) is 0.265. The van der Waals surface area contributed by atoms with Gasteiger partial charge in [0.15, 0.2) is 0 Å². The number of rotatable bonds is 6. The van der Waals surface area contributed by atoms with Crippen LogP contribution in [-0.4, -0.2) is 36.3 Å². The number of carbonyl (C=O) groups is 2. The Kier molecular flexibility index (Phi) is 7.41. The summed E-state index contributed by atoms with van der Waals surface area (Å²) >= 11 is 0. The van der Waals surface area contributed by atoms with E-state index in [1.54, 1.807) is 24.5 Å². The van der Waals surface area contributed by atoms with Crippen molar-refractivity contribution in [3.63, 3.8) is 0 Å². The van der Waals surface area contributed by atoms with Gasteiger partial charge >= 0.3 is 12.1 Å². The third kappa shape index (κ3) is 5.59. The van der Waals surface area contributed by atoms with Crippen LogP contribution >= 0.6 is 0 Å². The van der Waals surface area contributed by atoms with Crippen LogP contribution in [0.5, 0.6) is 0 Å². The van der Waals surface area contributed by atoms with E-state index in [1.165, 1.54) is 12.1 Å². The molecule has 0 radical (unpaired) electrons. The number of hydrogen-bond donors (Lipinski definition) is 3. The van der Waals surface area contributed by atoms with Gasteiger partial charge in [-0.15, -0.1) is 0 Å². The fraction of sp³-hybridized carbons (Fsp3) is 0.345. The molecule has 0 spiro atoms. The molecule has 3 atom stereocenters. The first kappa shape index (κ1) is 28.1. The number of carboxylic acids is 1. The molecule has 1 aliphatic carbocycles. The smallest absolute Gasteiger partial charge is 0.416 e. The number of halogens is 3. The van der Waals surface area contributed by atoms with E-state index in [1.807, 2.05) is 4.40 Å². The van der Waals surface area contributed by atoms with E-state index in [4.69, 9.17) is 10.7 Å². The van der Waals surface area contributed by atoms with E-state index >= 15 is 0 Å². The second-order valence-electron chi connectivity index (χ2n) is 10.7. The van der Waals surface area contributed by atoms with Crippen molar-refractivity contribution in [1.29, 1.82) is 0 Å². The Hall–Kier alpha value is -4.48. The van der Waals surface area contributed by atoms with E-state index in [0.717, 1.165) is 31.2 Å². The highest BCUT2D eigenvalue weighted by atomic mass is 19.4. The van der Waals surface area contributed by atoms with Crippen LogP contribution in [0.2, 0.25) is 0 Å². The molecule has 214 valence electrons. The van der Waals surface area contributed by atoms with Gasteiger partial charge in [-0.05, 0) is 55.4 Å². The van der Waals surface area contributed by atoms with Crippen molar-refractivity contribution in [2.75, 3.05) is 11.1 Å². The highest BCUT2D eigenvalue weighted by Gasteiger charge is 2.39. The van der Waals surface area contributed by atoms with Crippen LogP contribution in [-0.2, 0) is 11.0 Å². The minimum atomic E-state index is -4.56. The van der Waals surface area contributed by atoms with Crippen molar-refractivity contribution in [3.8, 4) is 11.3 Å². The first-order chi connectivity index (χ1) is 19.4. The summed E-state index contributed by atoms with van der Waals surface area (Å²) < 4.78 is 40.9. The minimum Gasteiger partial charge on any atom is -0.481 e. The average Bonchev–Trinajstić information content (AvgIpc) is 3.33. The number of benzene rings is 1. The Morgan fingerprint density at radius 3 is 2.49 bits per heavy atom. The van der Waals surface area contributed by atoms with E-state index in [0.29, 0.717) is 29.0 Å². The number of hydrogen-bond acceptors (Lipinski definition) is 6. The number of alkyl halides is 3. The topological polar surface area (TPSA) is 136 Å². The molecular weight excluding hydrogens is 537 g/mol. The monoisotopic (exact) mass is 566 g/mol. The van der Waals surface area contributed by atoms with Crippen molar-refractivity contribution in [2.24, 2.45) is 17.8 Å². The third-order valence-corrected chi connectivity index (χ3v) is 7.80. The number of nitrogens with two attached hydrogens (primary N) is 1. The second kappa shape index (κ2) is 10.8. The average molecular weight is 567 g/mol. The molecule has 1 fully saturated rings. The Bertz CT molecular complexity index is 1600. The Morgan fingerprint density at radius 2 is 1.83 bits per heavy atom. The number of pyridine rings is 1. The van der Waals surface area contributed by atoms with Crippen molar-refractivity contribution in [1.82, 2.24) is 19.4 Å². The summed E-state index contributed by atoms with van der Waals surface area (Å²) in [5.74, 6) is -0.919. The number of nitrogens with zero attached hydrogens (tertiary/aromatic N) is 4. The van der Waals surface area contributed by atoms with E-state index in [9.17, 15) is 27.9 Å². The molecule has 4 N–H and O–H groups in total. The Morgan fingerprint density at radius 1 is 1.10 bits per heavy atom. The van der Waals surface area contributed by atoms with Gasteiger partial charge in [-0.3, -0.25) is 14.0 Å². The zero-order valence-electron chi connectivity index (χ0n) is 22.4. The van der Waals surface area contributed by atoms with Crippen molar-refractivity contribution >= 4 is 29.0 Å². The van der Waals surface area contributed by atoms with Crippen molar-refractivity contribution in [2.45, 2.75) is 45.2 Å². The normalized spacial score (nSPS) is 19.4. The van der Waals surface area contributed by atoms with Gasteiger partial charge in [-0.25, -0.2) is 15.0 Å². The van der Waals surface area contributed by atoms with E-state index < -0.39 is 29.5 Å². The van der Waals surface area contributed by atoms with Gasteiger partial charge in [0.25, 0.3) is 5.91 Å². The molecule has 0 saturated heterocycles. The zero-order chi connectivity index (χ0) is 29.5. The molecule has 3 heterocycles. The summed E-state index contributed by atoms with van der Waals surface area (Å²) in [4.78, 5) is 37.8. The summed E-state index contributed by atoms with van der Waals surface area (Å²) in [6, 6.07) is 8.00. The maximum atomic E-state index is 13.0. The van der Waals surface area contributed by atoms with Crippen LogP contribution < -0.4 is 11.1 Å². The summed E-state index contributed by atoms with van der Waals surface area (Å²) in [6.07, 6.45) is 1.77. The highest BCUT2D eigenvalue weighted by Crippen LogP contribution is 2.44. The number of nitrogen functional groups attached to an aromatic ring is 1. The molecule has 0 aliphatic heterocycles. The molecule has 1 unspecified atom stereocenters. The van der Waals surface area contributed by atoms with Crippen LogP contribution in [0.15, 0.2) is 55.0 Å². The predicted molar refractivity (Wildman–Crippen MR) is 146 cm³/mol. The molecule has 1 saturated carbocycles. The first-order valence-corrected chi connectivity index (χ1v) is 13.2. The van der Waals surface area contributed by atoms with Gasteiger partial charge in [-0.1, -0.05) is 26.0 Å². The van der Waals surface area contributed by atoms with Gasteiger partial charge in [-0.2, -0.15) is 13.2 Å². The fourth-order valence-corrected chi connectivity index (χ4v) is 5.73. The van der Waals surface area contributed by atoms with Gasteiger partial charge < -0.3 is 16.2 Å². The van der Waals surface area contributed by atoms with Crippen molar-refractivity contribution < 1.29 is 27.9 Å². The van der Waals surface area contributed by atoms with Crippen LogP contribution in [0.1, 0.15) is 60.8 Å². The van der Waals surface area contributed by atoms with Crippen LogP contribution in [0.3, 0.4) is 0 Å². The molecular formula is C29H29F3N6O3. The molecule has 3 aromatic heterocycles. The number of carbonyl (C=O) groups excluding carboxylic acids is 1. The van der Waals surface area contributed by atoms with Crippen LogP contribution in [0.4, 0.5) is 24.8 Å². The molecule has 12 heteroatoms. The number of nitrogens with one attached hydrogen (secondary N) is 1. The predicted octanol–water partition coefficient (Wildman–Crippen LogP) is 5.89. The number of anilines is 2. The number of carboxylic acid groups (broad SMARTS) is 1. The number of amides is 1. The van der Waals surface area contributed by atoms with E-state index in [-0.39, 0.29) is 35.0 Å². The molecule has 0 bridgehead atoms. The molecule has 1 aromatic carbocycles. The fourth-order valence-electron chi connectivity index (χ4n) is 5.73. The van der Waals surface area contributed by atoms with Crippen LogP contribution in [0, 0.1) is 17.8 Å². The molecule has 41 heavy (non-hydrogen) atoms. The summed E-state index contributed by atoms with van der Waals surface area (Å²) in [7, 11) is 0. The zero-order valence-corrected chi connectivity index (χ0v) is 22.4. The third-order valence-electron chi connectivity index (χ3n) is 7.80. The molecule has 5 rings (SSSR count). The number of aromatic nitrogens is 4. The SMILES string of the molecule is CC(C)C1CC[C@@H](c2nc(-c3ccc(C(=O)Nc4cc(C(F)(F)F)ccn4)cc3)c3c(N)nccn23)C[C@H]1C(=O)O. The first-order valence-electron chi connectivity index (χ1n) is 13.2. The Balaban J connectivity index is 1.43. The maximum Gasteiger partial charge on any atom is 0.416 e. The number of aliphatic carboxylic acids is 1. The van der Waals surface area contributed by atoms with Gasteiger partial charge in [0.05, 0.1) is 11.5 Å². The molecule has 4 aromatic rings. The largest absolute Gasteiger partial charge is 0.481 e. The standard InChI is InChI=1S/C29H29F3N6O3/c1-15(2)20-8-7-18(13-21(20)28(40)41)26-37-23(24-25(33)35-11-12-38(24)26)16-3-5-17(6-4-16)27(39)36-22-14-19(9-10-34-22)29(30,31)32/h3-6,9-12,14-15,18,20-21H,7-8,13H2,1-2H3,(H2,33,35)(H,40,41)(H,34,36,39)/t18-,20?,21-/m1/s1. The van der Waals surface area contributed by atoms with Gasteiger partial charge in [0.2, 0.25) is 0 Å². The van der Waals surface area contributed by atoms with Crippen molar-refractivity contribution in [3.05, 3.63) is 71.9 Å². The number of fused-ring (bicyclic) bond motifs is 1. The summed E-state index contributed by atoms with van der Waals surface area (Å²) in [5, 5.41) is 12.3. The second-order valence-corrected chi connectivity index (χ2v) is 10.7. The van der Waals surface area contributed by atoms with E-state index in [2.05, 4.69) is 29.1 Å². The number of imidazole rings is 1. The van der Waals surface area contributed by atoms with Gasteiger partial charge in [0, 0.05) is 35.6 Å². The minimum absolute atomic E-state index is 0.0889. The molecule has 9 nitrogen and oxygen atoms in total. The summed E-state index contributed by atoms with van der Waals surface area (Å²) in [5.41, 5.74) is 7.31. The lowest BCUT2D eigenvalue weighted by Gasteiger charge is -2.35. The lowest BCUT2D eigenvalue weighted by molar-refractivity contribution is -0.146. The van der Waals surface area contributed by atoms with Gasteiger partial charge in [0.1, 0.15) is 28.7 Å².